The summed E-state index contributed by atoms with van der Waals surface area (Å²) >= 11 is 6.05. The number of amides is 1. The fraction of sp³-hybridized carbons (Fsp3) is 0.273. The van der Waals surface area contributed by atoms with Gasteiger partial charge < -0.3 is 10.6 Å². The van der Waals surface area contributed by atoms with Gasteiger partial charge in [-0.15, -0.1) is 0 Å². The summed E-state index contributed by atoms with van der Waals surface area (Å²) in [5.41, 5.74) is 4.36. The SMILES string of the molecule is Cc1ccccc1NC(=O)c1cnn(-c2ccc(Cl)cc2)c1C1CCNCC1. The van der Waals surface area contributed by atoms with Gasteiger partial charge in [-0.1, -0.05) is 29.8 Å². The molecule has 0 aliphatic carbocycles. The predicted octanol–water partition coefficient (Wildman–Crippen LogP) is 4.55. The van der Waals surface area contributed by atoms with Crippen molar-refractivity contribution in [3.8, 4) is 5.69 Å². The summed E-state index contributed by atoms with van der Waals surface area (Å²) < 4.78 is 1.89. The normalized spacial score (nSPS) is 14.8. The molecule has 2 aromatic carbocycles. The highest BCUT2D eigenvalue weighted by molar-refractivity contribution is 6.30. The topological polar surface area (TPSA) is 59.0 Å². The van der Waals surface area contributed by atoms with Gasteiger partial charge in [0, 0.05) is 16.6 Å². The molecule has 0 bridgehead atoms. The zero-order valence-corrected chi connectivity index (χ0v) is 16.5. The van der Waals surface area contributed by atoms with Crippen LogP contribution in [0.4, 0.5) is 5.69 Å². The number of piperidine rings is 1. The first-order valence-electron chi connectivity index (χ1n) is 9.55. The van der Waals surface area contributed by atoms with Gasteiger partial charge in [-0.25, -0.2) is 4.68 Å². The maximum absolute atomic E-state index is 13.1. The van der Waals surface area contributed by atoms with E-state index in [0.717, 1.165) is 48.6 Å². The van der Waals surface area contributed by atoms with Crippen molar-refractivity contribution in [1.29, 1.82) is 0 Å². The van der Waals surface area contributed by atoms with Gasteiger partial charge in [0.25, 0.3) is 5.91 Å². The number of hydrogen-bond acceptors (Lipinski definition) is 3. The molecule has 0 atom stereocenters. The summed E-state index contributed by atoms with van der Waals surface area (Å²) in [6, 6.07) is 15.3. The molecule has 0 radical (unpaired) electrons. The van der Waals surface area contributed by atoms with E-state index in [1.54, 1.807) is 6.20 Å². The number of nitrogens with one attached hydrogen (secondary N) is 2. The maximum Gasteiger partial charge on any atom is 0.259 e. The minimum Gasteiger partial charge on any atom is -0.322 e. The molecule has 4 rings (SSSR count). The summed E-state index contributed by atoms with van der Waals surface area (Å²) in [6.45, 7) is 3.87. The lowest BCUT2D eigenvalue weighted by atomic mass is 9.91. The van der Waals surface area contributed by atoms with E-state index in [1.807, 2.05) is 60.1 Å². The smallest absolute Gasteiger partial charge is 0.259 e. The first-order valence-corrected chi connectivity index (χ1v) is 9.93. The Balaban J connectivity index is 1.73. The number of benzene rings is 2. The zero-order chi connectivity index (χ0) is 19.5. The van der Waals surface area contributed by atoms with Crippen molar-refractivity contribution in [2.75, 3.05) is 18.4 Å². The van der Waals surface area contributed by atoms with E-state index in [1.165, 1.54) is 0 Å². The molecule has 0 spiro atoms. The molecule has 0 unspecified atom stereocenters. The second kappa shape index (κ2) is 8.17. The second-order valence-electron chi connectivity index (χ2n) is 7.13. The molecule has 28 heavy (non-hydrogen) atoms. The van der Waals surface area contributed by atoms with Crippen LogP contribution in [0.5, 0.6) is 0 Å². The van der Waals surface area contributed by atoms with Crippen molar-refractivity contribution >= 4 is 23.2 Å². The van der Waals surface area contributed by atoms with Crippen LogP contribution in [-0.2, 0) is 0 Å². The van der Waals surface area contributed by atoms with Gasteiger partial charge >= 0.3 is 0 Å². The van der Waals surface area contributed by atoms with Gasteiger partial charge in [0.1, 0.15) is 0 Å². The van der Waals surface area contributed by atoms with Crippen molar-refractivity contribution in [1.82, 2.24) is 15.1 Å². The highest BCUT2D eigenvalue weighted by Gasteiger charge is 2.27. The van der Waals surface area contributed by atoms with E-state index in [-0.39, 0.29) is 11.8 Å². The van der Waals surface area contributed by atoms with Gasteiger partial charge in [0.05, 0.1) is 23.1 Å². The standard InChI is InChI=1S/C22H23ClN4O/c1-15-4-2-3-5-20(15)26-22(28)19-14-25-27(18-8-6-17(23)7-9-18)21(19)16-10-12-24-13-11-16/h2-9,14,16,24H,10-13H2,1H3,(H,26,28). The van der Waals surface area contributed by atoms with Gasteiger partial charge in [0.15, 0.2) is 0 Å². The van der Waals surface area contributed by atoms with Crippen LogP contribution in [0, 0.1) is 6.92 Å². The Hall–Kier alpha value is -2.63. The fourth-order valence-electron chi connectivity index (χ4n) is 3.71. The van der Waals surface area contributed by atoms with Gasteiger partial charge in [-0.3, -0.25) is 4.79 Å². The minimum absolute atomic E-state index is 0.122. The number of nitrogens with zero attached hydrogens (tertiary/aromatic N) is 2. The zero-order valence-electron chi connectivity index (χ0n) is 15.8. The van der Waals surface area contributed by atoms with Crippen LogP contribution in [0.15, 0.2) is 54.7 Å². The van der Waals surface area contributed by atoms with Crippen LogP contribution in [0.1, 0.15) is 40.4 Å². The van der Waals surface area contributed by atoms with Crippen molar-refractivity contribution in [2.45, 2.75) is 25.7 Å². The third kappa shape index (κ3) is 3.81. The highest BCUT2D eigenvalue weighted by atomic mass is 35.5. The average Bonchev–Trinajstić information content (AvgIpc) is 3.16. The number of hydrogen-bond donors (Lipinski definition) is 2. The Bertz CT molecular complexity index is 974. The van der Waals surface area contributed by atoms with Crippen LogP contribution >= 0.6 is 11.6 Å². The first kappa shape index (κ1) is 18.7. The van der Waals surface area contributed by atoms with Crippen LogP contribution in [0.3, 0.4) is 0 Å². The van der Waals surface area contributed by atoms with Crippen molar-refractivity contribution in [2.24, 2.45) is 0 Å². The number of halogens is 1. The average molecular weight is 395 g/mol. The number of carbonyl (C=O) groups excluding carboxylic acids is 1. The lowest BCUT2D eigenvalue weighted by Crippen LogP contribution is -2.29. The van der Waals surface area contributed by atoms with Crippen molar-refractivity contribution in [3.63, 3.8) is 0 Å². The molecule has 2 N–H and O–H groups in total. The van der Waals surface area contributed by atoms with Crippen molar-refractivity contribution < 1.29 is 4.79 Å². The molecule has 1 aromatic heterocycles. The highest BCUT2D eigenvalue weighted by Crippen LogP contribution is 2.31. The van der Waals surface area contributed by atoms with E-state index in [9.17, 15) is 4.79 Å². The Labute approximate surface area is 169 Å². The number of aryl methyl sites for hydroxylation is 1. The number of para-hydroxylation sites is 1. The minimum atomic E-state index is -0.122. The van der Waals surface area contributed by atoms with Crippen LogP contribution in [-0.4, -0.2) is 28.8 Å². The van der Waals surface area contributed by atoms with E-state index in [0.29, 0.717) is 10.6 Å². The summed E-state index contributed by atoms with van der Waals surface area (Å²) in [6.07, 6.45) is 3.63. The quantitative estimate of drug-likeness (QED) is 0.682. The molecule has 2 heterocycles. The Morgan fingerprint density at radius 2 is 1.86 bits per heavy atom. The molecule has 0 saturated carbocycles. The third-order valence-corrected chi connectivity index (χ3v) is 5.49. The van der Waals surface area contributed by atoms with Gasteiger partial charge in [-0.2, -0.15) is 5.10 Å². The molecule has 1 amide bonds. The van der Waals surface area contributed by atoms with Gasteiger partial charge in [0.2, 0.25) is 0 Å². The monoisotopic (exact) mass is 394 g/mol. The Morgan fingerprint density at radius 1 is 1.14 bits per heavy atom. The molecular formula is C22H23ClN4O. The molecule has 144 valence electrons. The Morgan fingerprint density at radius 3 is 2.57 bits per heavy atom. The number of carbonyl (C=O) groups is 1. The third-order valence-electron chi connectivity index (χ3n) is 5.24. The number of aromatic nitrogens is 2. The number of anilines is 1. The lowest BCUT2D eigenvalue weighted by molar-refractivity contribution is 0.102. The number of rotatable bonds is 4. The van der Waals surface area contributed by atoms with Crippen molar-refractivity contribution in [3.05, 3.63) is 76.6 Å². The van der Waals surface area contributed by atoms with Gasteiger partial charge in [-0.05, 0) is 68.8 Å². The van der Waals surface area contributed by atoms with E-state index in [4.69, 9.17) is 11.6 Å². The summed E-state index contributed by atoms with van der Waals surface area (Å²) in [5.74, 6) is 0.153. The summed E-state index contributed by atoms with van der Waals surface area (Å²) in [7, 11) is 0. The van der Waals surface area contributed by atoms with Crippen LogP contribution in [0.2, 0.25) is 5.02 Å². The molecular weight excluding hydrogens is 372 g/mol. The fourth-order valence-corrected chi connectivity index (χ4v) is 3.84. The molecule has 1 aliphatic heterocycles. The molecule has 6 heteroatoms. The Kier molecular flexibility index (Phi) is 5.46. The molecule has 1 saturated heterocycles. The van der Waals surface area contributed by atoms with Crippen LogP contribution < -0.4 is 10.6 Å². The summed E-state index contributed by atoms with van der Waals surface area (Å²) in [5, 5.41) is 11.7. The van der Waals surface area contributed by atoms with E-state index >= 15 is 0 Å². The van der Waals surface area contributed by atoms with E-state index in [2.05, 4.69) is 15.7 Å². The molecule has 3 aromatic rings. The molecule has 1 fully saturated rings. The summed E-state index contributed by atoms with van der Waals surface area (Å²) in [4.78, 5) is 13.1. The molecule has 5 nitrogen and oxygen atoms in total. The predicted molar refractivity (Wildman–Crippen MR) is 113 cm³/mol. The second-order valence-corrected chi connectivity index (χ2v) is 7.56. The largest absolute Gasteiger partial charge is 0.322 e. The van der Waals surface area contributed by atoms with Crippen LogP contribution in [0.25, 0.3) is 5.69 Å². The van der Waals surface area contributed by atoms with E-state index < -0.39 is 0 Å². The molecule has 1 aliphatic rings. The lowest BCUT2D eigenvalue weighted by Gasteiger charge is -2.24. The maximum atomic E-state index is 13.1. The first-order chi connectivity index (χ1) is 13.6.